The highest BCUT2D eigenvalue weighted by Crippen LogP contribution is 2.37. The van der Waals surface area contributed by atoms with Gasteiger partial charge in [-0.15, -0.1) is 0 Å². The van der Waals surface area contributed by atoms with E-state index in [2.05, 4.69) is 0 Å². The van der Waals surface area contributed by atoms with E-state index in [0.29, 0.717) is 6.42 Å². The fraction of sp³-hybridized carbons (Fsp3) is 0.462. The molecule has 1 aromatic carbocycles. The van der Waals surface area contributed by atoms with Crippen molar-refractivity contribution in [1.82, 2.24) is 0 Å². The van der Waals surface area contributed by atoms with E-state index in [1.807, 2.05) is 18.2 Å². The summed E-state index contributed by atoms with van der Waals surface area (Å²) in [5.41, 5.74) is 1.04. The molecule has 0 fully saturated rings. The quantitative estimate of drug-likeness (QED) is 0.869. The number of hydrogen-bond acceptors (Lipinski definition) is 3. The zero-order valence-electron chi connectivity index (χ0n) is 9.97. The molecule has 2 unspecified atom stereocenters. The fourth-order valence-corrected chi connectivity index (χ4v) is 2.12. The average molecular weight is 236 g/mol. The first-order valence-electron chi connectivity index (χ1n) is 5.67. The van der Waals surface area contributed by atoms with Crippen molar-refractivity contribution in [2.24, 2.45) is 5.92 Å². The Hall–Kier alpha value is -1.71. The SMILES string of the molecule is COc1cccc2c1CC(CC(C)C(=O)O)O2. The lowest BCUT2D eigenvalue weighted by Crippen LogP contribution is -2.21. The lowest BCUT2D eigenvalue weighted by Gasteiger charge is -2.12. The monoisotopic (exact) mass is 236 g/mol. The molecule has 0 spiro atoms. The topological polar surface area (TPSA) is 55.8 Å². The largest absolute Gasteiger partial charge is 0.496 e. The summed E-state index contributed by atoms with van der Waals surface area (Å²) in [5, 5.41) is 8.88. The number of aliphatic carboxylic acids is 1. The van der Waals surface area contributed by atoms with Crippen molar-refractivity contribution in [2.75, 3.05) is 7.11 Å². The number of hydrogen-bond donors (Lipinski definition) is 1. The molecule has 2 atom stereocenters. The molecule has 92 valence electrons. The van der Waals surface area contributed by atoms with E-state index in [-0.39, 0.29) is 12.0 Å². The first kappa shape index (κ1) is 11.8. The summed E-state index contributed by atoms with van der Waals surface area (Å²) in [6, 6.07) is 5.66. The number of fused-ring (bicyclic) bond motifs is 1. The van der Waals surface area contributed by atoms with E-state index in [4.69, 9.17) is 14.6 Å². The van der Waals surface area contributed by atoms with Gasteiger partial charge in [0.1, 0.15) is 17.6 Å². The molecule has 0 aromatic heterocycles. The van der Waals surface area contributed by atoms with Crippen LogP contribution in [0.15, 0.2) is 18.2 Å². The zero-order chi connectivity index (χ0) is 12.4. The fourth-order valence-electron chi connectivity index (χ4n) is 2.12. The van der Waals surface area contributed by atoms with Gasteiger partial charge in [0.25, 0.3) is 0 Å². The summed E-state index contributed by atoms with van der Waals surface area (Å²) in [6.07, 6.45) is 1.18. The number of carbonyl (C=O) groups is 1. The van der Waals surface area contributed by atoms with E-state index in [1.165, 1.54) is 0 Å². The van der Waals surface area contributed by atoms with Gasteiger partial charge < -0.3 is 14.6 Å². The smallest absolute Gasteiger partial charge is 0.306 e. The second kappa shape index (κ2) is 4.65. The highest BCUT2D eigenvalue weighted by atomic mass is 16.5. The van der Waals surface area contributed by atoms with Crippen LogP contribution in [-0.2, 0) is 11.2 Å². The van der Waals surface area contributed by atoms with Crippen LogP contribution in [0, 0.1) is 5.92 Å². The minimum atomic E-state index is -0.781. The van der Waals surface area contributed by atoms with Gasteiger partial charge in [-0.3, -0.25) is 4.79 Å². The summed E-state index contributed by atoms with van der Waals surface area (Å²) in [6.45, 7) is 1.70. The molecule has 17 heavy (non-hydrogen) atoms. The van der Waals surface area contributed by atoms with Crippen LogP contribution < -0.4 is 9.47 Å². The van der Waals surface area contributed by atoms with Gasteiger partial charge in [0, 0.05) is 12.0 Å². The van der Waals surface area contributed by atoms with Crippen LogP contribution in [0.25, 0.3) is 0 Å². The Kier molecular flexibility index (Phi) is 3.22. The molecule has 0 saturated heterocycles. The number of carboxylic acid groups (broad SMARTS) is 1. The third kappa shape index (κ3) is 2.35. The molecule has 1 heterocycles. The van der Waals surface area contributed by atoms with Gasteiger partial charge in [0.2, 0.25) is 0 Å². The average Bonchev–Trinajstić information content (AvgIpc) is 2.70. The van der Waals surface area contributed by atoms with E-state index in [0.717, 1.165) is 23.5 Å². The first-order chi connectivity index (χ1) is 8.11. The minimum Gasteiger partial charge on any atom is -0.496 e. The van der Waals surface area contributed by atoms with Crippen molar-refractivity contribution < 1.29 is 19.4 Å². The Morgan fingerprint density at radius 1 is 1.65 bits per heavy atom. The van der Waals surface area contributed by atoms with E-state index >= 15 is 0 Å². The second-order valence-corrected chi connectivity index (χ2v) is 4.36. The molecule has 1 aliphatic rings. The van der Waals surface area contributed by atoms with Gasteiger partial charge in [-0.25, -0.2) is 0 Å². The molecule has 2 rings (SSSR count). The van der Waals surface area contributed by atoms with Gasteiger partial charge in [0.05, 0.1) is 13.0 Å². The molecular weight excluding hydrogens is 220 g/mol. The Balaban J connectivity index is 2.08. The zero-order valence-corrected chi connectivity index (χ0v) is 9.97. The summed E-state index contributed by atoms with van der Waals surface area (Å²) in [7, 11) is 1.63. The van der Waals surface area contributed by atoms with Crippen molar-refractivity contribution in [1.29, 1.82) is 0 Å². The van der Waals surface area contributed by atoms with E-state index in [9.17, 15) is 4.79 Å². The van der Waals surface area contributed by atoms with Gasteiger partial charge in [0.15, 0.2) is 0 Å². The van der Waals surface area contributed by atoms with Crippen LogP contribution in [0.1, 0.15) is 18.9 Å². The number of carboxylic acids is 1. The maximum atomic E-state index is 10.8. The molecule has 4 heteroatoms. The molecule has 1 aromatic rings. The predicted molar refractivity (Wildman–Crippen MR) is 62.5 cm³/mol. The highest BCUT2D eigenvalue weighted by Gasteiger charge is 2.28. The maximum absolute atomic E-state index is 10.8. The number of rotatable bonds is 4. The van der Waals surface area contributed by atoms with Gasteiger partial charge >= 0.3 is 5.97 Å². The summed E-state index contributed by atoms with van der Waals surface area (Å²) >= 11 is 0. The summed E-state index contributed by atoms with van der Waals surface area (Å²) in [5.74, 6) is 0.455. The van der Waals surface area contributed by atoms with Crippen LogP contribution in [0.5, 0.6) is 11.5 Å². The lowest BCUT2D eigenvalue weighted by atomic mass is 10.00. The van der Waals surface area contributed by atoms with E-state index < -0.39 is 5.97 Å². The third-order valence-electron chi connectivity index (χ3n) is 3.07. The molecule has 1 N–H and O–H groups in total. The van der Waals surface area contributed by atoms with Crippen molar-refractivity contribution in [3.8, 4) is 11.5 Å². The third-order valence-corrected chi connectivity index (χ3v) is 3.07. The molecule has 0 saturated carbocycles. The predicted octanol–water partition coefficient (Wildman–Crippen LogP) is 2.11. The van der Waals surface area contributed by atoms with Crippen LogP contribution >= 0.6 is 0 Å². The standard InChI is InChI=1S/C13H16O4/c1-8(13(14)15)6-9-7-10-11(16-2)4-3-5-12(10)17-9/h3-5,8-9H,6-7H2,1-2H3,(H,14,15). The molecule has 0 amide bonds. The van der Waals surface area contributed by atoms with Gasteiger partial charge in [-0.2, -0.15) is 0 Å². The Labute approximate surface area is 100 Å². The summed E-state index contributed by atoms with van der Waals surface area (Å²) in [4.78, 5) is 10.8. The molecule has 0 bridgehead atoms. The Bertz CT molecular complexity index is 427. The number of benzene rings is 1. The van der Waals surface area contributed by atoms with Crippen molar-refractivity contribution in [3.63, 3.8) is 0 Å². The van der Waals surface area contributed by atoms with Crippen LogP contribution in [0.4, 0.5) is 0 Å². The van der Waals surface area contributed by atoms with Crippen LogP contribution in [0.2, 0.25) is 0 Å². The van der Waals surface area contributed by atoms with Crippen molar-refractivity contribution >= 4 is 5.97 Å². The number of ether oxygens (including phenoxy) is 2. The Morgan fingerprint density at radius 2 is 2.41 bits per heavy atom. The van der Waals surface area contributed by atoms with E-state index in [1.54, 1.807) is 14.0 Å². The number of methoxy groups -OCH3 is 1. The van der Waals surface area contributed by atoms with Crippen LogP contribution in [-0.4, -0.2) is 24.3 Å². The molecular formula is C13H16O4. The normalized spacial score (nSPS) is 19.3. The van der Waals surface area contributed by atoms with Crippen molar-refractivity contribution in [3.05, 3.63) is 23.8 Å². The maximum Gasteiger partial charge on any atom is 0.306 e. The first-order valence-corrected chi connectivity index (χ1v) is 5.67. The van der Waals surface area contributed by atoms with Crippen molar-refractivity contribution in [2.45, 2.75) is 25.9 Å². The second-order valence-electron chi connectivity index (χ2n) is 4.36. The minimum absolute atomic E-state index is 0.0626. The Morgan fingerprint density at radius 3 is 3.06 bits per heavy atom. The lowest BCUT2D eigenvalue weighted by molar-refractivity contribution is -0.141. The van der Waals surface area contributed by atoms with Gasteiger partial charge in [-0.1, -0.05) is 13.0 Å². The summed E-state index contributed by atoms with van der Waals surface area (Å²) < 4.78 is 11.0. The highest BCUT2D eigenvalue weighted by molar-refractivity contribution is 5.69. The molecule has 0 aliphatic carbocycles. The molecule has 4 nitrogen and oxygen atoms in total. The van der Waals surface area contributed by atoms with Crippen LogP contribution in [0.3, 0.4) is 0 Å². The van der Waals surface area contributed by atoms with Gasteiger partial charge in [-0.05, 0) is 18.6 Å². The molecule has 1 aliphatic heterocycles. The molecule has 0 radical (unpaired) electrons.